The van der Waals surface area contributed by atoms with Gasteiger partial charge in [-0.25, -0.2) is 4.79 Å². The molecule has 1 aliphatic carbocycles. The van der Waals surface area contributed by atoms with Gasteiger partial charge in [-0.2, -0.15) is 0 Å². The van der Waals surface area contributed by atoms with Gasteiger partial charge in [-0.3, -0.25) is 0 Å². The zero-order valence-corrected chi connectivity index (χ0v) is 13.4. The summed E-state index contributed by atoms with van der Waals surface area (Å²) >= 11 is 0. The van der Waals surface area contributed by atoms with Crippen LogP contribution in [0, 0.1) is 5.92 Å². The zero-order valence-electron chi connectivity index (χ0n) is 13.4. The van der Waals surface area contributed by atoms with Crippen molar-refractivity contribution in [1.29, 1.82) is 0 Å². The summed E-state index contributed by atoms with van der Waals surface area (Å²) in [7, 11) is 1.42. The standard InChI is InChI=1S/C19H22O4/c1-21-19(20)18-15-9-5-6-10-16(15)23-17(18)11-12-22-13-14-7-3-2-4-8-14/h2-4,6-8,10,15-16H,5,9,11-13H2,1H3/t15-,16+/m0/s1. The van der Waals surface area contributed by atoms with Crippen molar-refractivity contribution in [3.8, 4) is 0 Å². The van der Waals surface area contributed by atoms with E-state index in [9.17, 15) is 4.79 Å². The minimum atomic E-state index is -0.272. The van der Waals surface area contributed by atoms with Gasteiger partial charge in [-0.05, 0) is 24.5 Å². The number of rotatable bonds is 6. The predicted octanol–water partition coefficient (Wildman–Crippen LogP) is 3.39. The molecule has 1 heterocycles. The Morgan fingerprint density at radius 2 is 2.13 bits per heavy atom. The van der Waals surface area contributed by atoms with E-state index in [4.69, 9.17) is 14.2 Å². The van der Waals surface area contributed by atoms with Gasteiger partial charge in [0.25, 0.3) is 0 Å². The van der Waals surface area contributed by atoms with Crippen LogP contribution in [0.15, 0.2) is 53.8 Å². The molecule has 3 rings (SSSR count). The first-order valence-electron chi connectivity index (χ1n) is 8.06. The van der Waals surface area contributed by atoms with Gasteiger partial charge in [-0.15, -0.1) is 0 Å². The van der Waals surface area contributed by atoms with Gasteiger partial charge < -0.3 is 14.2 Å². The smallest absolute Gasteiger partial charge is 0.337 e. The lowest BCUT2D eigenvalue weighted by Gasteiger charge is -2.20. The minimum absolute atomic E-state index is 0.0260. The normalized spacial score (nSPS) is 22.7. The van der Waals surface area contributed by atoms with Gasteiger partial charge in [0.1, 0.15) is 11.9 Å². The summed E-state index contributed by atoms with van der Waals surface area (Å²) in [5, 5.41) is 0. The highest BCUT2D eigenvalue weighted by atomic mass is 16.5. The van der Waals surface area contributed by atoms with Crippen molar-refractivity contribution in [2.75, 3.05) is 13.7 Å². The van der Waals surface area contributed by atoms with Crippen molar-refractivity contribution in [2.45, 2.75) is 32.0 Å². The lowest BCUT2D eigenvalue weighted by atomic mass is 9.86. The molecule has 2 atom stereocenters. The van der Waals surface area contributed by atoms with Crippen LogP contribution < -0.4 is 0 Å². The average molecular weight is 314 g/mol. The second-order valence-electron chi connectivity index (χ2n) is 5.81. The molecule has 122 valence electrons. The van der Waals surface area contributed by atoms with Crippen molar-refractivity contribution < 1.29 is 19.0 Å². The number of carbonyl (C=O) groups is 1. The predicted molar refractivity (Wildman–Crippen MR) is 86.5 cm³/mol. The van der Waals surface area contributed by atoms with Gasteiger partial charge in [0.05, 0.1) is 25.9 Å². The lowest BCUT2D eigenvalue weighted by Crippen LogP contribution is -2.22. The van der Waals surface area contributed by atoms with Crippen molar-refractivity contribution in [1.82, 2.24) is 0 Å². The first kappa shape index (κ1) is 15.8. The number of esters is 1. The van der Waals surface area contributed by atoms with E-state index in [2.05, 4.69) is 12.2 Å². The van der Waals surface area contributed by atoms with Gasteiger partial charge in [0, 0.05) is 12.3 Å². The molecule has 4 nitrogen and oxygen atoms in total. The number of ether oxygens (including phenoxy) is 3. The summed E-state index contributed by atoms with van der Waals surface area (Å²) in [4.78, 5) is 12.1. The Labute approximate surface area is 136 Å². The van der Waals surface area contributed by atoms with Crippen LogP contribution in [-0.4, -0.2) is 25.8 Å². The van der Waals surface area contributed by atoms with Crippen LogP contribution in [-0.2, 0) is 25.6 Å². The first-order chi connectivity index (χ1) is 11.3. The molecule has 0 N–H and O–H groups in total. The van der Waals surface area contributed by atoms with Crippen molar-refractivity contribution in [3.63, 3.8) is 0 Å². The second-order valence-corrected chi connectivity index (χ2v) is 5.81. The molecule has 1 aliphatic heterocycles. The molecule has 1 aromatic rings. The fourth-order valence-corrected chi connectivity index (χ4v) is 3.17. The Morgan fingerprint density at radius 3 is 2.91 bits per heavy atom. The van der Waals surface area contributed by atoms with Gasteiger partial charge >= 0.3 is 5.97 Å². The fourth-order valence-electron chi connectivity index (χ4n) is 3.17. The average Bonchev–Trinajstić information content (AvgIpc) is 2.97. The summed E-state index contributed by atoms with van der Waals surface area (Å²) in [6, 6.07) is 10.0. The molecule has 0 saturated carbocycles. The van der Waals surface area contributed by atoms with E-state index in [-0.39, 0.29) is 18.0 Å². The van der Waals surface area contributed by atoms with E-state index in [1.165, 1.54) is 7.11 Å². The minimum Gasteiger partial charge on any atom is -0.489 e. The van der Waals surface area contributed by atoms with E-state index in [0.717, 1.165) is 24.2 Å². The van der Waals surface area contributed by atoms with Crippen molar-refractivity contribution in [3.05, 3.63) is 59.4 Å². The van der Waals surface area contributed by atoms with E-state index in [1.54, 1.807) is 0 Å². The molecule has 4 heteroatoms. The molecule has 0 spiro atoms. The van der Waals surface area contributed by atoms with Crippen LogP contribution in [0.2, 0.25) is 0 Å². The highest BCUT2D eigenvalue weighted by molar-refractivity contribution is 5.90. The van der Waals surface area contributed by atoms with Crippen molar-refractivity contribution in [2.24, 2.45) is 5.92 Å². The van der Waals surface area contributed by atoms with Crippen LogP contribution in [0.1, 0.15) is 24.8 Å². The number of hydrogen-bond acceptors (Lipinski definition) is 4. The Kier molecular flexibility index (Phi) is 5.13. The maximum absolute atomic E-state index is 12.1. The zero-order chi connectivity index (χ0) is 16.1. The third-order valence-electron chi connectivity index (χ3n) is 4.31. The SMILES string of the molecule is COC(=O)C1=C(CCOCc2ccccc2)O[C@@H]2C=CCC[C@H]12. The monoisotopic (exact) mass is 314 g/mol. The molecule has 0 amide bonds. The van der Waals surface area contributed by atoms with E-state index < -0.39 is 0 Å². The molecule has 0 unspecified atom stereocenters. The number of allylic oxidation sites excluding steroid dienone is 1. The Bertz CT molecular complexity index is 603. The molecule has 0 bridgehead atoms. The molecule has 23 heavy (non-hydrogen) atoms. The molecule has 2 aliphatic rings. The summed E-state index contributed by atoms with van der Waals surface area (Å²) in [5.41, 5.74) is 1.84. The largest absolute Gasteiger partial charge is 0.489 e. The summed E-state index contributed by atoms with van der Waals surface area (Å²) in [5.74, 6) is 0.578. The van der Waals surface area contributed by atoms with E-state index in [0.29, 0.717) is 25.2 Å². The highest BCUT2D eigenvalue weighted by Gasteiger charge is 2.40. The molecule has 1 aromatic carbocycles. The summed E-state index contributed by atoms with van der Waals surface area (Å²) in [6.45, 7) is 1.09. The number of methoxy groups -OCH3 is 1. The molecule has 0 saturated heterocycles. The quantitative estimate of drug-likeness (QED) is 0.459. The third kappa shape index (κ3) is 3.64. The Balaban J connectivity index is 1.60. The molecular formula is C19H22O4. The Morgan fingerprint density at radius 1 is 1.30 bits per heavy atom. The van der Waals surface area contributed by atoms with Crippen LogP contribution >= 0.6 is 0 Å². The van der Waals surface area contributed by atoms with Gasteiger partial charge in [0.2, 0.25) is 0 Å². The van der Waals surface area contributed by atoms with E-state index in [1.807, 2.05) is 30.3 Å². The van der Waals surface area contributed by atoms with Gasteiger partial charge in [-0.1, -0.05) is 36.4 Å². The van der Waals surface area contributed by atoms with Crippen LogP contribution in [0.5, 0.6) is 0 Å². The van der Waals surface area contributed by atoms with Crippen molar-refractivity contribution >= 4 is 5.97 Å². The van der Waals surface area contributed by atoms with Crippen LogP contribution in [0.3, 0.4) is 0 Å². The molecule has 0 radical (unpaired) electrons. The lowest BCUT2D eigenvalue weighted by molar-refractivity contribution is -0.136. The van der Waals surface area contributed by atoms with E-state index >= 15 is 0 Å². The maximum Gasteiger partial charge on any atom is 0.337 e. The molecule has 0 aromatic heterocycles. The van der Waals surface area contributed by atoms with Crippen LogP contribution in [0.25, 0.3) is 0 Å². The summed E-state index contributed by atoms with van der Waals surface area (Å²) in [6.07, 6.45) is 6.64. The first-order valence-corrected chi connectivity index (χ1v) is 8.06. The number of carbonyl (C=O) groups excluding carboxylic acids is 1. The summed E-state index contributed by atoms with van der Waals surface area (Å²) < 4.78 is 16.6. The van der Waals surface area contributed by atoms with Gasteiger partial charge in [0.15, 0.2) is 0 Å². The second kappa shape index (κ2) is 7.47. The fraction of sp³-hybridized carbons (Fsp3) is 0.421. The van der Waals surface area contributed by atoms with Crippen LogP contribution in [0.4, 0.5) is 0 Å². The molecular weight excluding hydrogens is 292 g/mol. The third-order valence-corrected chi connectivity index (χ3v) is 4.31. The maximum atomic E-state index is 12.1. The number of fused-ring (bicyclic) bond motifs is 1. The number of hydrogen-bond donors (Lipinski definition) is 0. The molecule has 0 fully saturated rings. The topological polar surface area (TPSA) is 44.8 Å². The highest BCUT2D eigenvalue weighted by Crippen LogP contribution is 2.39. The number of benzene rings is 1. The Hall–Kier alpha value is -2.07.